The minimum Gasteiger partial charge on any atom is -0.497 e. The van der Waals surface area contributed by atoms with Gasteiger partial charge in [-0.1, -0.05) is 18.2 Å². The largest absolute Gasteiger partial charge is 0.497 e. The van der Waals surface area contributed by atoms with E-state index < -0.39 is 6.04 Å². The number of hydrogen-bond acceptors (Lipinski definition) is 4. The number of carbonyl (C=O) groups excluding carboxylic acids is 3. The first-order valence-electron chi connectivity index (χ1n) is 12.1. The quantitative estimate of drug-likeness (QED) is 0.713. The molecule has 0 spiro atoms. The molecule has 4 rings (SSSR count). The van der Waals surface area contributed by atoms with Crippen molar-refractivity contribution >= 4 is 17.7 Å². The fourth-order valence-corrected chi connectivity index (χ4v) is 4.90. The van der Waals surface area contributed by atoms with E-state index in [9.17, 15) is 14.4 Å². The second kappa shape index (κ2) is 10.7. The van der Waals surface area contributed by atoms with E-state index in [-0.39, 0.29) is 23.6 Å². The molecule has 1 N–H and O–H groups in total. The minimum atomic E-state index is -0.594. The Balaban J connectivity index is 1.46. The molecule has 2 saturated heterocycles. The Hall–Kier alpha value is -3.35. The summed E-state index contributed by atoms with van der Waals surface area (Å²) in [6.07, 6.45) is 3.33. The molecule has 2 fully saturated rings. The summed E-state index contributed by atoms with van der Waals surface area (Å²) in [6.45, 7) is 4.55. The van der Waals surface area contributed by atoms with Crippen LogP contribution in [0.1, 0.15) is 52.0 Å². The number of nitrogens with zero attached hydrogens (tertiary/aromatic N) is 2. The van der Waals surface area contributed by atoms with Crippen molar-refractivity contribution in [3.05, 3.63) is 65.2 Å². The molecule has 1 unspecified atom stereocenters. The predicted octanol–water partition coefficient (Wildman–Crippen LogP) is 3.28. The number of piperidine rings is 1. The molecule has 2 aliphatic heterocycles. The molecule has 2 aliphatic rings. The van der Waals surface area contributed by atoms with Gasteiger partial charge in [-0.2, -0.15) is 0 Å². The summed E-state index contributed by atoms with van der Waals surface area (Å²) >= 11 is 0. The van der Waals surface area contributed by atoms with Crippen LogP contribution in [0.4, 0.5) is 0 Å². The number of rotatable bonds is 6. The molecule has 2 aromatic rings. The average molecular weight is 464 g/mol. The van der Waals surface area contributed by atoms with Crippen molar-refractivity contribution in [3.63, 3.8) is 0 Å². The van der Waals surface area contributed by atoms with Crippen LogP contribution in [0.3, 0.4) is 0 Å². The molecular weight excluding hydrogens is 430 g/mol. The molecule has 0 radical (unpaired) electrons. The lowest BCUT2D eigenvalue weighted by Crippen LogP contribution is -2.54. The molecule has 7 nitrogen and oxygen atoms in total. The smallest absolute Gasteiger partial charge is 0.254 e. The van der Waals surface area contributed by atoms with Gasteiger partial charge in [-0.25, -0.2) is 0 Å². The van der Waals surface area contributed by atoms with Crippen molar-refractivity contribution in [2.45, 2.75) is 38.6 Å². The Morgan fingerprint density at radius 1 is 0.912 bits per heavy atom. The highest BCUT2D eigenvalue weighted by atomic mass is 16.5. The first-order chi connectivity index (χ1) is 16.5. The van der Waals surface area contributed by atoms with Crippen LogP contribution in [0.25, 0.3) is 0 Å². The molecule has 2 heterocycles. The van der Waals surface area contributed by atoms with Crippen molar-refractivity contribution in [3.8, 4) is 5.75 Å². The summed E-state index contributed by atoms with van der Waals surface area (Å²) in [4.78, 5) is 43.2. The monoisotopic (exact) mass is 463 g/mol. The Bertz CT molecular complexity index is 1020. The maximum atomic E-state index is 13.4. The highest BCUT2D eigenvalue weighted by molar-refractivity contribution is 5.98. The highest BCUT2D eigenvalue weighted by Crippen LogP contribution is 2.25. The Kier molecular flexibility index (Phi) is 7.50. The molecule has 0 saturated carbocycles. The third-order valence-corrected chi connectivity index (χ3v) is 7.00. The fraction of sp³-hybridized carbons (Fsp3) is 0.444. The van der Waals surface area contributed by atoms with E-state index in [1.807, 2.05) is 41.0 Å². The van der Waals surface area contributed by atoms with Gasteiger partial charge in [0, 0.05) is 37.3 Å². The van der Waals surface area contributed by atoms with Gasteiger partial charge in [-0.05, 0) is 74.4 Å². The van der Waals surface area contributed by atoms with Crippen LogP contribution >= 0.6 is 0 Å². The van der Waals surface area contributed by atoms with Crippen LogP contribution in [0.2, 0.25) is 0 Å². The molecule has 0 bridgehead atoms. The molecule has 34 heavy (non-hydrogen) atoms. The second-order valence-electron chi connectivity index (χ2n) is 9.16. The van der Waals surface area contributed by atoms with Crippen molar-refractivity contribution in [1.82, 2.24) is 15.1 Å². The van der Waals surface area contributed by atoms with Gasteiger partial charge in [-0.3, -0.25) is 14.4 Å². The maximum absolute atomic E-state index is 13.4. The zero-order valence-electron chi connectivity index (χ0n) is 20.0. The third-order valence-electron chi connectivity index (χ3n) is 7.00. The number of carbonyl (C=O) groups is 3. The van der Waals surface area contributed by atoms with Crippen LogP contribution in [0.5, 0.6) is 5.75 Å². The first-order valence-corrected chi connectivity index (χ1v) is 12.1. The van der Waals surface area contributed by atoms with Crippen molar-refractivity contribution in [2.75, 3.05) is 33.3 Å². The van der Waals surface area contributed by atoms with E-state index in [2.05, 4.69) is 5.32 Å². The fourth-order valence-electron chi connectivity index (χ4n) is 4.90. The van der Waals surface area contributed by atoms with Gasteiger partial charge >= 0.3 is 0 Å². The third kappa shape index (κ3) is 5.24. The molecule has 7 heteroatoms. The Labute approximate surface area is 201 Å². The van der Waals surface area contributed by atoms with Crippen molar-refractivity contribution in [2.24, 2.45) is 5.92 Å². The van der Waals surface area contributed by atoms with Crippen molar-refractivity contribution in [1.29, 1.82) is 0 Å². The molecule has 180 valence electrons. The summed E-state index contributed by atoms with van der Waals surface area (Å²) < 4.78 is 5.17. The second-order valence-corrected chi connectivity index (χ2v) is 9.16. The standard InChI is InChI=1S/C27H33N3O4/c1-19-7-3-4-8-23(19)26(32)30-17-13-20(14-18-30)24(27(33)29-15-5-6-16-29)28-25(31)21-9-11-22(34-2)12-10-21/h3-4,7-12,20,24H,5-6,13-18H2,1-2H3,(H,28,31). The van der Waals surface area contributed by atoms with Crippen LogP contribution in [0.15, 0.2) is 48.5 Å². The molecule has 0 aromatic heterocycles. The summed E-state index contributed by atoms with van der Waals surface area (Å²) in [5.41, 5.74) is 2.18. The van der Waals surface area contributed by atoms with Gasteiger partial charge in [0.15, 0.2) is 0 Å². The predicted molar refractivity (Wildman–Crippen MR) is 130 cm³/mol. The van der Waals surface area contributed by atoms with E-state index in [4.69, 9.17) is 4.74 Å². The highest BCUT2D eigenvalue weighted by Gasteiger charge is 2.37. The topological polar surface area (TPSA) is 79.0 Å². The van der Waals surface area contributed by atoms with Crippen LogP contribution < -0.4 is 10.1 Å². The van der Waals surface area contributed by atoms with Crippen LogP contribution in [0, 0.1) is 12.8 Å². The Morgan fingerprint density at radius 2 is 1.56 bits per heavy atom. The average Bonchev–Trinajstić information content (AvgIpc) is 3.42. The van der Waals surface area contributed by atoms with Crippen LogP contribution in [-0.2, 0) is 4.79 Å². The number of likely N-dealkylation sites (tertiary alicyclic amines) is 2. The zero-order chi connectivity index (χ0) is 24.1. The van der Waals surface area contributed by atoms with Gasteiger partial charge in [0.05, 0.1) is 7.11 Å². The Morgan fingerprint density at radius 3 is 2.18 bits per heavy atom. The van der Waals surface area contributed by atoms with E-state index >= 15 is 0 Å². The lowest BCUT2D eigenvalue weighted by atomic mass is 9.87. The number of amides is 3. The summed E-state index contributed by atoms with van der Waals surface area (Å²) in [5.74, 6) is 0.408. The normalized spacial score (nSPS) is 17.4. The molecule has 0 aliphatic carbocycles. The number of aryl methyl sites for hydroxylation is 1. The minimum absolute atomic E-state index is 0.0111. The number of ether oxygens (including phenoxy) is 1. The van der Waals surface area contributed by atoms with E-state index in [0.29, 0.717) is 37.2 Å². The lowest BCUT2D eigenvalue weighted by molar-refractivity contribution is -0.134. The summed E-state index contributed by atoms with van der Waals surface area (Å²) in [7, 11) is 1.58. The molecule has 2 aromatic carbocycles. The number of hydrogen-bond donors (Lipinski definition) is 1. The van der Waals surface area contributed by atoms with Gasteiger partial charge in [0.1, 0.15) is 11.8 Å². The van der Waals surface area contributed by atoms with Gasteiger partial charge in [-0.15, -0.1) is 0 Å². The maximum Gasteiger partial charge on any atom is 0.254 e. The molecule has 1 atom stereocenters. The van der Waals surface area contributed by atoms with E-state index in [1.165, 1.54) is 0 Å². The summed E-state index contributed by atoms with van der Waals surface area (Å²) in [6, 6.07) is 13.9. The van der Waals surface area contributed by atoms with Gasteiger partial charge < -0.3 is 19.9 Å². The lowest BCUT2D eigenvalue weighted by Gasteiger charge is -2.37. The number of nitrogens with one attached hydrogen (secondary N) is 1. The summed E-state index contributed by atoms with van der Waals surface area (Å²) in [5, 5.41) is 3.03. The number of benzene rings is 2. The first kappa shape index (κ1) is 23.8. The van der Waals surface area contributed by atoms with Gasteiger partial charge in [0.2, 0.25) is 5.91 Å². The van der Waals surface area contributed by atoms with E-state index in [1.54, 1.807) is 31.4 Å². The van der Waals surface area contributed by atoms with Crippen molar-refractivity contribution < 1.29 is 19.1 Å². The van der Waals surface area contributed by atoms with Gasteiger partial charge in [0.25, 0.3) is 11.8 Å². The van der Waals surface area contributed by atoms with Crippen LogP contribution in [-0.4, -0.2) is 66.9 Å². The van der Waals surface area contributed by atoms with E-state index in [0.717, 1.165) is 37.1 Å². The zero-order valence-corrected chi connectivity index (χ0v) is 20.0. The number of methoxy groups -OCH3 is 1. The SMILES string of the molecule is COc1ccc(C(=O)NC(C(=O)N2CCCC2)C2CCN(C(=O)c3ccccc3C)CC2)cc1. The molecular formula is C27H33N3O4. The molecule has 3 amide bonds.